The number of ether oxygens (including phenoxy) is 3. The summed E-state index contributed by atoms with van der Waals surface area (Å²) in [5, 5.41) is 18.2. The molecule has 0 amide bonds. The van der Waals surface area contributed by atoms with Crippen LogP contribution in [0.15, 0.2) is 50.6 Å². The Bertz CT molecular complexity index is 988. The van der Waals surface area contributed by atoms with Gasteiger partial charge in [0.25, 0.3) is 0 Å². The third kappa shape index (κ3) is 40.2. The molecule has 0 aromatic rings. The normalized spacial score (nSPS) is 10.3. The van der Waals surface area contributed by atoms with E-state index in [-0.39, 0.29) is 0 Å². The first-order chi connectivity index (χ1) is 19.3. The molecule has 242 valence electrons. The van der Waals surface area contributed by atoms with Crippen molar-refractivity contribution in [2.45, 2.75) is 91.1 Å². The summed E-state index contributed by atoms with van der Waals surface area (Å²) in [6, 6.07) is 0. The van der Waals surface area contributed by atoms with E-state index in [0.29, 0.717) is 0 Å². The maximum absolute atomic E-state index is 11.1. The minimum atomic E-state index is -1.01. The van der Waals surface area contributed by atoms with Crippen molar-refractivity contribution in [3.63, 3.8) is 0 Å². The number of carbonyl (C=O) groups excluding carboxylic acids is 4. The summed E-state index contributed by atoms with van der Waals surface area (Å²) in [5.74, 6) is 7.87. The van der Waals surface area contributed by atoms with Crippen molar-refractivity contribution in [3.05, 3.63) is 50.6 Å². The van der Waals surface area contributed by atoms with Crippen LogP contribution in [0.4, 0.5) is 0 Å². The Labute approximate surface area is 258 Å². The van der Waals surface area contributed by atoms with Crippen molar-refractivity contribution in [2.24, 2.45) is 0 Å². The summed E-state index contributed by atoms with van der Waals surface area (Å²) >= 11 is 0. The minimum absolute atomic E-state index is 0.560. The van der Waals surface area contributed by atoms with Gasteiger partial charge in [0.1, 0.15) is 11.2 Å². The Hall–Kier alpha value is -3.96. The fourth-order valence-electron chi connectivity index (χ4n) is 1.87. The fraction of sp³-hybridized carbons (Fsp3) is 0.515. The molecular formula is C33H51NO9. The largest absolute Gasteiger partial charge is 0.443 e. The SMILES string of the molecule is C=CC(=O)OC(=O)C=C.C=CC(=O)OC(C)(C)C#CC(C)(C)OC(=O)C=C.CC(C)(O)C#CC(C)(C)O.CCCN(C)C. The number of nitrogens with zero attached hydrogens (tertiary/aromatic N) is 1. The van der Waals surface area contributed by atoms with E-state index in [1.54, 1.807) is 55.4 Å². The number of aliphatic hydroxyl groups is 2. The highest BCUT2D eigenvalue weighted by Gasteiger charge is 2.22. The molecule has 0 radical (unpaired) electrons. The Kier molecular flexibility index (Phi) is 24.2. The van der Waals surface area contributed by atoms with Crippen LogP contribution in [0.1, 0.15) is 68.7 Å². The average molecular weight is 606 g/mol. The highest BCUT2D eigenvalue weighted by molar-refractivity contribution is 5.95. The standard InChI is InChI=1S/C14H18O4.C8H14O2.C6H6O3.C5H13N/c1-7-11(15)17-13(3,4)9-10-14(5,6)18-12(16)8-2;1-7(2,9)5-6-8(3,4)10;1-3-5(7)9-6(8)4-2;1-4-5-6(2)3/h7-8H,1-2H2,3-6H3;9-10H,1-4H3;3-4H,1-2H2;4-5H2,1-3H3. The summed E-state index contributed by atoms with van der Waals surface area (Å²) in [7, 11) is 4.17. The van der Waals surface area contributed by atoms with Crippen LogP contribution in [-0.2, 0) is 33.4 Å². The van der Waals surface area contributed by atoms with Crippen molar-refractivity contribution in [1.29, 1.82) is 0 Å². The van der Waals surface area contributed by atoms with Crippen LogP contribution in [0.2, 0.25) is 0 Å². The second kappa shape index (κ2) is 22.6. The van der Waals surface area contributed by atoms with E-state index in [2.05, 4.69) is 80.7 Å². The first-order valence-corrected chi connectivity index (χ1v) is 13.2. The van der Waals surface area contributed by atoms with Gasteiger partial charge in [0, 0.05) is 24.3 Å². The third-order valence-corrected chi connectivity index (χ3v) is 3.59. The number of esters is 4. The summed E-state index contributed by atoms with van der Waals surface area (Å²) in [4.78, 5) is 44.7. The predicted octanol–water partition coefficient (Wildman–Crippen LogP) is 3.92. The Morgan fingerprint density at radius 3 is 1.07 bits per heavy atom. The van der Waals surface area contributed by atoms with Crippen LogP contribution in [0.5, 0.6) is 0 Å². The molecule has 0 aromatic carbocycles. The number of hydrogen-bond acceptors (Lipinski definition) is 10. The Morgan fingerprint density at radius 2 is 0.907 bits per heavy atom. The zero-order chi connectivity index (χ0) is 35.1. The zero-order valence-electron chi connectivity index (χ0n) is 27.8. The maximum atomic E-state index is 11.1. The highest BCUT2D eigenvalue weighted by atomic mass is 16.6. The van der Waals surface area contributed by atoms with Gasteiger partial charge in [-0.25, -0.2) is 19.2 Å². The van der Waals surface area contributed by atoms with Crippen LogP contribution < -0.4 is 0 Å². The molecule has 0 heterocycles. The molecule has 10 heteroatoms. The quantitative estimate of drug-likeness (QED) is 0.138. The van der Waals surface area contributed by atoms with E-state index >= 15 is 0 Å². The van der Waals surface area contributed by atoms with E-state index < -0.39 is 46.3 Å². The van der Waals surface area contributed by atoms with Crippen LogP contribution in [0.3, 0.4) is 0 Å². The number of rotatable bonds is 8. The summed E-state index contributed by atoms with van der Waals surface area (Å²) in [5.41, 5.74) is -3.99. The van der Waals surface area contributed by atoms with Gasteiger partial charge in [0.05, 0.1) is 0 Å². The molecule has 0 atom stereocenters. The number of hydrogen-bond donors (Lipinski definition) is 2. The third-order valence-electron chi connectivity index (χ3n) is 3.59. The molecule has 0 bridgehead atoms. The predicted molar refractivity (Wildman–Crippen MR) is 169 cm³/mol. The monoisotopic (exact) mass is 605 g/mol. The van der Waals surface area contributed by atoms with Gasteiger partial charge < -0.3 is 29.3 Å². The van der Waals surface area contributed by atoms with Crippen molar-refractivity contribution in [3.8, 4) is 23.7 Å². The number of carbonyl (C=O) groups is 4. The summed E-state index contributed by atoms with van der Waals surface area (Å²) < 4.78 is 14.1. The lowest BCUT2D eigenvalue weighted by Crippen LogP contribution is -2.29. The van der Waals surface area contributed by atoms with Crippen LogP contribution in [0, 0.1) is 23.7 Å². The topological polar surface area (TPSA) is 140 Å². The smallest absolute Gasteiger partial charge is 0.338 e. The van der Waals surface area contributed by atoms with Crippen molar-refractivity contribution < 1.29 is 43.6 Å². The van der Waals surface area contributed by atoms with Gasteiger partial charge in [-0.3, -0.25) is 0 Å². The van der Waals surface area contributed by atoms with Crippen LogP contribution in [-0.4, -0.2) is 82.0 Å². The molecule has 0 aliphatic heterocycles. The minimum Gasteiger partial charge on any atom is -0.443 e. The van der Waals surface area contributed by atoms with Crippen molar-refractivity contribution >= 4 is 23.9 Å². The maximum Gasteiger partial charge on any atom is 0.338 e. The molecule has 0 rings (SSSR count). The van der Waals surface area contributed by atoms with Crippen molar-refractivity contribution in [1.82, 2.24) is 4.90 Å². The van der Waals surface area contributed by atoms with Gasteiger partial charge in [-0.2, -0.15) is 0 Å². The molecule has 43 heavy (non-hydrogen) atoms. The zero-order valence-corrected chi connectivity index (χ0v) is 27.8. The molecule has 0 saturated heterocycles. The lowest BCUT2D eigenvalue weighted by molar-refractivity contribution is -0.152. The van der Waals surface area contributed by atoms with Gasteiger partial charge >= 0.3 is 23.9 Å². The average Bonchev–Trinajstić information content (AvgIpc) is 2.86. The molecule has 10 nitrogen and oxygen atoms in total. The molecule has 0 saturated carbocycles. The molecule has 0 unspecified atom stereocenters. The summed E-state index contributed by atoms with van der Waals surface area (Å²) in [6.07, 6.45) is 5.19. The van der Waals surface area contributed by atoms with E-state index in [0.717, 1.165) is 24.3 Å². The van der Waals surface area contributed by atoms with E-state index in [1.165, 1.54) is 13.0 Å². The van der Waals surface area contributed by atoms with Crippen LogP contribution >= 0.6 is 0 Å². The molecule has 0 aliphatic rings. The lowest BCUT2D eigenvalue weighted by atomic mass is 10.1. The van der Waals surface area contributed by atoms with E-state index in [1.807, 2.05) is 0 Å². The van der Waals surface area contributed by atoms with Crippen LogP contribution in [0.25, 0.3) is 0 Å². The first kappa shape index (κ1) is 46.0. The molecular weight excluding hydrogens is 554 g/mol. The Balaban J connectivity index is -0.000000258. The molecule has 0 fully saturated rings. The first-order valence-electron chi connectivity index (χ1n) is 13.2. The molecule has 0 aliphatic carbocycles. The fourth-order valence-corrected chi connectivity index (χ4v) is 1.87. The molecule has 2 N–H and O–H groups in total. The van der Waals surface area contributed by atoms with E-state index in [4.69, 9.17) is 19.7 Å². The van der Waals surface area contributed by atoms with Crippen molar-refractivity contribution in [2.75, 3.05) is 20.6 Å². The molecule has 0 spiro atoms. The van der Waals surface area contributed by atoms with Gasteiger partial charge in [0.15, 0.2) is 11.2 Å². The highest BCUT2D eigenvalue weighted by Crippen LogP contribution is 2.12. The van der Waals surface area contributed by atoms with E-state index in [9.17, 15) is 19.2 Å². The Morgan fingerprint density at radius 1 is 0.628 bits per heavy atom. The second-order valence-electron chi connectivity index (χ2n) is 10.8. The van der Waals surface area contributed by atoms with Gasteiger partial charge in [0.2, 0.25) is 0 Å². The van der Waals surface area contributed by atoms with Gasteiger partial charge in [-0.15, -0.1) is 0 Å². The van der Waals surface area contributed by atoms with Gasteiger partial charge in [-0.1, -0.05) is 56.9 Å². The summed E-state index contributed by atoms with van der Waals surface area (Å²) in [6.45, 7) is 29.0. The van der Waals surface area contributed by atoms with Gasteiger partial charge in [-0.05, 0) is 82.5 Å². The lowest BCUT2D eigenvalue weighted by Gasteiger charge is -2.21. The second-order valence-corrected chi connectivity index (χ2v) is 10.8. The molecule has 0 aromatic heterocycles.